The van der Waals surface area contributed by atoms with Crippen molar-refractivity contribution in [3.63, 3.8) is 0 Å². The maximum Gasteiger partial charge on any atom is 0.320 e. The van der Waals surface area contributed by atoms with Crippen LogP contribution in [0.4, 0.5) is 0 Å². The number of aliphatic carboxylic acids is 2. The smallest absolute Gasteiger partial charge is 0.320 e. The highest BCUT2D eigenvalue weighted by molar-refractivity contribution is 6.32. The lowest BCUT2D eigenvalue weighted by molar-refractivity contribution is -0.155. The molecule has 3 heterocycles. The predicted molar refractivity (Wildman–Crippen MR) is 219 cm³/mol. The van der Waals surface area contributed by atoms with Crippen LogP contribution in [-0.2, 0) is 27.5 Å². The van der Waals surface area contributed by atoms with E-state index < -0.39 is 34.4 Å². The van der Waals surface area contributed by atoms with E-state index in [1.807, 2.05) is 35.3 Å². The van der Waals surface area contributed by atoms with Gasteiger partial charge in [-0.1, -0.05) is 74.4 Å². The number of carboxylic acids is 2. The van der Waals surface area contributed by atoms with Gasteiger partial charge in [0.1, 0.15) is 42.4 Å². The minimum absolute atomic E-state index is 0.0991. The number of nitrogens with zero attached hydrogens (tertiary/aromatic N) is 4. The molecular formula is C45H53ClN4O8. The van der Waals surface area contributed by atoms with E-state index in [1.54, 1.807) is 24.4 Å². The fraction of sp³-hybridized carbons (Fsp3) is 0.467. The average molecular weight is 813 g/mol. The van der Waals surface area contributed by atoms with Crippen LogP contribution in [0, 0.1) is 22.2 Å². The van der Waals surface area contributed by atoms with E-state index in [-0.39, 0.29) is 19.8 Å². The fourth-order valence-corrected chi connectivity index (χ4v) is 8.54. The zero-order valence-corrected chi connectivity index (χ0v) is 34.0. The molecule has 3 aromatic rings. The third-order valence-corrected chi connectivity index (χ3v) is 12.4. The summed E-state index contributed by atoms with van der Waals surface area (Å²) in [5.74, 6) is -0.953. The average Bonchev–Trinajstić information content (AvgIpc) is 3.23. The third-order valence-electron chi connectivity index (χ3n) is 12.1. The second-order valence-electron chi connectivity index (χ2n) is 16.1. The van der Waals surface area contributed by atoms with Gasteiger partial charge < -0.3 is 34.4 Å². The first-order valence-electron chi connectivity index (χ1n) is 20.0. The van der Waals surface area contributed by atoms with Crippen molar-refractivity contribution in [3.8, 4) is 17.6 Å². The maximum atomic E-state index is 12.2. The minimum Gasteiger partial charge on any atom is -0.488 e. The number of aliphatic hydroxyl groups is 1. The van der Waals surface area contributed by atoms with Gasteiger partial charge in [-0.2, -0.15) is 5.26 Å². The molecule has 0 radical (unpaired) electrons. The summed E-state index contributed by atoms with van der Waals surface area (Å²) in [6.07, 6.45) is 13.1. The van der Waals surface area contributed by atoms with Crippen molar-refractivity contribution in [1.82, 2.24) is 14.8 Å². The van der Waals surface area contributed by atoms with Crippen LogP contribution in [-0.4, -0.2) is 99.7 Å². The number of pyridine rings is 1. The largest absolute Gasteiger partial charge is 0.488 e. The molecule has 2 fully saturated rings. The molecule has 0 bridgehead atoms. The van der Waals surface area contributed by atoms with Crippen LogP contribution in [0.3, 0.4) is 0 Å². The molecule has 0 saturated carbocycles. The number of halogens is 1. The van der Waals surface area contributed by atoms with Gasteiger partial charge in [-0.25, -0.2) is 0 Å². The number of ether oxygens (including phenoxy) is 3. The zero-order valence-electron chi connectivity index (χ0n) is 33.2. The number of piperidine rings is 2. The molecular weight excluding hydrogens is 760 g/mol. The number of hydrogen-bond acceptors (Lipinski definition) is 10. The van der Waals surface area contributed by atoms with Crippen LogP contribution in [0.25, 0.3) is 5.57 Å². The molecule has 12 nitrogen and oxygen atoms in total. The van der Waals surface area contributed by atoms with Gasteiger partial charge in [-0.3, -0.25) is 19.5 Å². The molecule has 1 unspecified atom stereocenters. The molecule has 3 N–H and O–H groups in total. The Bertz CT molecular complexity index is 2020. The van der Waals surface area contributed by atoms with Gasteiger partial charge in [0.25, 0.3) is 0 Å². The highest BCUT2D eigenvalue weighted by Gasteiger charge is 2.49. The standard InChI is InChI=1S/C45H53ClN4O8/c1-43(2)36(34-10-4-3-5-11-34)12-8-14-45(43,58-21-9-17-49-19-15-44(30-51,16-20-49)42(54)55)31-57-40-24-39(56-29-33-22-32(25-47)26-48-27-33)35(23-37(40)46)28-50-18-7-6-13-38(50)41(52)53/h3-5,8,10-12,14,22-24,26-27,38,51H,6-7,9,13,15-21,28-31H2,1-2H3,(H,52,53)(H,54,55)/t38-,45?/m0/s1. The van der Waals surface area contributed by atoms with Crippen molar-refractivity contribution < 1.29 is 39.1 Å². The van der Waals surface area contributed by atoms with Crippen LogP contribution in [0.1, 0.15) is 74.6 Å². The van der Waals surface area contributed by atoms with Crippen molar-refractivity contribution in [2.75, 3.05) is 46.0 Å². The first-order chi connectivity index (χ1) is 27.9. The van der Waals surface area contributed by atoms with Gasteiger partial charge >= 0.3 is 11.9 Å². The topological polar surface area (TPSA) is 166 Å². The summed E-state index contributed by atoms with van der Waals surface area (Å²) >= 11 is 7.01. The van der Waals surface area contributed by atoms with Crippen molar-refractivity contribution in [1.29, 1.82) is 5.26 Å². The minimum atomic E-state index is -1.08. The van der Waals surface area contributed by atoms with Gasteiger partial charge in [-0.15, -0.1) is 0 Å². The zero-order chi connectivity index (χ0) is 41.3. The van der Waals surface area contributed by atoms with Crippen LogP contribution >= 0.6 is 11.6 Å². The van der Waals surface area contributed by atoms with E-state index in [9.17, 15) is 30.2 Å². The van der Waals surface area contributed by atoms with Gasteiger partial charge in [-0.05, 0) is 81.1 Å². The number of aromatic nitrogens is 1. The van der Waals surface area contributed by atoms with Gasteiger partial charge in [0.15, 0.2) is 0 Å². The number of carbonyl (C=O) groups is 2. The van der Waals surface area contributed by atoms with Crippen LogP contribution < -0.4 is 9.47 Å². The Morgan fingerprint density at radius 2 is 1.79 bits per heavy atom. The molecule has 308 valence electrons. The quantitative estimate of drug-likeness (QED) is 0.120. The van der Waals surface area contributed by atoms with E-state index in [2.05, 4.69) is 48.0 Å². The normalized spacial score (nSPS) is 21.8. The first-order valence-corrected chi connectivity index (χ1v) is 20.3. The number of hydrogen-bond donors (Lipinski definition) is 3. The Balaban J connectivity index is 1.25. The Morgan fingerprint density at radius 1 is 1.02 bits per heavy atom. The Morgan fingerprint density at radius 3 is 2.50 bits per heavy atom. The number of nitriles is 1. The highest BCUT2D eigenvalue weighted by atomic mass is 35.5. The Hall–Kier alpha value is -4.77. The van der Waals surface area contributed by atoms with Crippen molar-refractivity contribution in [2.45, 2.75) is 77.2 Å². The maximum absolute atomic E-state index is 12.2. The molecule has 6 rings (SSSR count). The number of benzene rings is 2. The second kappa shape index (κ2) is 18.9. The SMILES string of the molecule is CC1(C)C(c2ccccc2)=CC=CC1(COc1cc(OCc2cncc(C#N)c2)c(CN2CCCC[C@H]2C(=O)O)cc1Cl)OCCCN1CCC(CO)(C(=O)O)CC1. The highest BCUT2D eigenvalue weighted by Crippen LogP contribution is 2.49. The van der Waals surface area contributed by atoms with Crippen molar-refractivity contribution in [3.05, 3.63) is 106 Å². The number of allylic oxidation sites excluding steroid dienone is 2. The first kappa shape index (κ1) is 42.8. The summed E-state index contributed by atoms with van der Waals surface area (Å²) in [7, 11) is 0. The summed E-state index contributed by atoms with van der Waals surface area (Å²) in [5.41, 5.74) is 1.36. The summed E-state index contributed by atoms with van der Waals surface area (Å²) in [4.78, 5) is 32.4. The second-order valence-corrected chi connectivity index (χ2v) is 16.5. The van der Waals surface area contributed by atoms with E-state index in [1.165, 1.54) is 6.20 Å². The Labute approximate surface area is 345 Å². The van der Waals surface area contributed by atoms with E-state index in [0.29, 0.717) is 98.2 Å². The number of rotatable bonds is 17. The number of carboxylic acid groups (broad SMARTS) is 2. The molecule has 0 amide bonds. The van der Waals surface area contributed by atoms with Crippen molar-refractivity contribution >= 4 is 29.1 Å². The molecule has 1 aromatic heterocycles. The summed E-state index contributed by atoms with van der Waals surface area (Å²) < 4.78 is 20.0. The molecule has 2 aliphatic heterocycles. The molecule has 2 saturated heterocycles. The molecule has 13 heteroatoms. The lowest BCUT2D eigenvalue weighted by atomic mass is 9.65. The molecule has 2 atom stereocenters. The third kappa shape index (κ3) is 9.57. The summed E-state index contributed by atoms with van der Waals surface area (Å²) in [5, 5.41) is 39.3. The van der Waals surface area contributed by atoms with E-state index >= 15 is 0 Å². The van der Waals surface area contributed by atoms with Gasteiger partial charge in [0, 0.05) is 54.7 Å². The van der Waals surface area contributed by atoms with E-state index in [0.717, 1.165) is 24.0 Å². The summed E-state index contributed by atoms with van der Waals surface area (Å²) in [6, 6.07) is 16.9. The lowest BCUT2D eigenvalue weighted by Gasteiger charge is -2.47. The summed E-state index contributed by atoms with van der Waals surface area (Å²) in [6.45, 7) is 7.35. The molecule has 3 aliphatic rings. The number of aliphatic hydroxyl groups excluding tert-OH is 1. The van der Waals surface area contributed by atoms with Crippen molar-refractivity contribution in [2.24, 2.45) is 10.8 Å². The number of likely N-dealkylation sites (tertiary alicyclic amines) is 2. The van der Waals surface area contributed by atoms with E-state index in [4.69, 9.17) is 25.8 Å². The van der Waals surface area contributed by atoms with Crippen LogP contribution in [0.5, 0.6) is 11.5 Å². The molecule has 2 aromatic carbocycles. The lowest BCUT2D eigenvalue weighted by Crippen LogP contribution is -2.52. The van der Waals surface area contributed by atoms with Gasteiger partial charge in [0.05, 0.1) is 22.6 Å². The predicted octanol–water partition coefficient (Wildman–Crippen LogP) is 6.99. The molecule has 58 heavy (non-hydrogen) atoms. The fourth-order valence-electron chi connectivity index (χ4n) is 8.30. The molecule has 0 spiro atoms. The monoisotopic (exact) mass is 812 g/mol. The van der Waals surface area contributed by atoms with Gasteiger partial charge in [0.2, 0.25) is 0 Å². The van der Waals surface area contributed by atoms with Crippen LogP contribution in [0.2, 0.25) is 5.02 Å². The van der Waals surface area contributed by atoms with Crippen LogP contribution in [0.15, 0.2) is 79.2 Å². The Kier molecular flexibility index (Phi) is 13.9. The molecule has 1 aliphatic carbocycles.